The molecule has 0 N–H and O–H groups in total. The van der Waals surface area contributed by atoms with Crippen molar-refractivity contribution in [3.05, 3.63) is 12.2 Å². The molecule has 0 rings (SSSR count). The highest BCUT2D eigenvalue weighted by molar-refractivity contribution is 6.84. The summed E-state index contributed by atoms with van der Waals surface area (Å²) in [6.45, 7) is 16.0. The molecular formula is C15H30O5Si2. The first kappa shape index (κ1) is 21.1. The van der Waals surface area contributed by atoms with E-state index in [2.05, 4.69) is 32.7 Å². The van der Waals surface area contributed by atoms with Gasteiger partial charge in [-0.25, -0.2) is 9.59 Å². The average molecular weight is 347 g/mol. The second kappa shape index (κ2) is 8.64. The van der Waals surface area contributed by atoms with Crippen LogP contribution in [0.1, 0.15) is 27.2 Å². The van der Waals surface area contributed by atoms with Crippen molar-refractivity contribution >= 4 is 28.6 Å². The standard InChI is InChI=1S/C15H30O5Si2/c1-9-15(22(7,8)20-21(4,5)6)19-14(17)11-10-13(16)18-12(2)3/h10-12,15H,9H2,1-8H3. The molecule has 0 saturated heterocycles. The average Bonchev–Trinajstić information content (AvgIpc) is 2.29. The minimum atomic E-state index is -2.14. The van der Waals surface area contributed by atoms with Crippen LogP contribution in [0.5, 0.6) is 0 Å². The molecule has 0 amide bonds. The van der Waals surface area contributed by atoms with E-state index < -0.39 is 28.6 Å². The monoisotopic (exact) mass is 346 g/mol. The number of ether oxygens (including phenoxy) is 2. The maximum absolute atomic E-state index is 11.9. The molecule has 0 aliphatic heterocycles. The molecule has 0 aromatic heterocycles. The minimum Gasteiger partial charge on any atom is -0.460 e. The lowest BCUT2D eigenvalue weighted by Gasteiger charge is -2.36. The number of esters is 2. The zero-order valence-corrected chi connectivity index (χ0v) is 17.1. The molecule has 1 unspecified atom stereocenters. The van der Waals surface area contributed by atoms with Gasteiger partial charge in [-0.15, -0.1) is 0 Å². The van der Waals surface area contributed by atoms with Crippen molar-refractivity contribution in [1.82, 2.24) is 0 Å². The highest BCUT2D eigenvalue weighted by Crippen LogP contribution is 2.22. The van der Waals surface area contributed by atoms with E-state index in [-0.39, 0.29) is 11.8 Å². The molecule has 0 heterocycles. The fraction of sp³-hybridized carbons (Fsp3) is 0.733. The van der Waals surface area contributed by atoms with Crippen LogP contribution >= 0.6 is 0 Å². The Balaban J connectivity index is 4.70. The highest BCUT2D eigenvalue weighted by Gasteiger charge is 2.39. The SMILES string of the molecule is CCC(OC(=O)C=CC(=O)OC(C)C)[Si](C)(C)O[Si](C)(C)C. The molecule has 0 aliphatic carbocycles. The van der Waals surface area contributed by atoms with Gasteiger partial charge in [-0.05, 0) is 53.0 Å². The molecule has 128 valence electrons. The number of carbonyl (C=O) groups is 2. The van der Waals surface area contributed by atoms with Gasteiger partial charge >= 0.3 is 11.9 Å². The Labute approximate surface area is 136 Å². The van der Waals surface area contributed by atoms with E-state index in [9.17, 15) is 9.59 Å². The van der Waals surface area contributed by atoms with Crippen LogP contribution in [0.2, 0.25) is 32.7 Å². The highest BCUT2D eigenvalue weighted by atomic mass is 28.4. The van der Waals surface area contributed by atoms with Crippen molar-refractivity contribution in [2.45, 2.75) is 71.8 Å². The van der Waals surface area contributed by atoms with Gasteiger partial charge in [-0.2, -0.15) is 0 Å². The van der Waals surface area contributed by atoms with Gasteiger partial charge in [0.15, 0.2) is 8.32 Å². The number of hydrogen-bond donors (Lipinski definition) is 0. The first-order chi connectivity index (χ1) is 9.87. The van der Waals surface area contributed by atoms with Crippen molar-refractivity contribution in [3.63, 3.8) is 0 Å². The van der Waals surface area contributed by atoms with Crippen LogP contribution in [-0.2, 0) is 23.2 Å². The lowest BCUT2D eigenvalue weighted by atomic mass is 10.4. The van der Waals surface area contributed by atoms with Crippen LogP contribution in [0, 0.1) is 0 Å². The summed E-state index contributed by atoms with van der Waals surface area (Å²) in [5.74, 6) is -1.08. The Bertz CT molecular complexity index is 411. The summed E-state index contributed by atoms with van der Waals surface area (Å²) in [6, 6.07) is 0. The van der Waals surface area contributed by atoms with Crippen LogP contribution in [0.15, 0.2) is 12.2 Å². The Morgan fingerprint density at radius 1 is 0.955 bits per heavy atom. The maximum atomic E-state index is 11.9. The van der Waals surface area contributed by atoms with Crippen molar-refractivity contribution in [3.8, 4) is 0 Å². The summed E-state index contributed by atoms with van der Waals surface area (Å²) in [6.07, 6.45) is 2.70. The smallest absolute Gasteiger partial charge is 0.331 e. The largest absolute Gasteiger partial charge is 0.460 e. The second-order valence-electron chi connectivity index (χ2n) is 6.97. The molecule has 1 atom stereocenters. The molecular weight excluding hydrogens is 316 g/mol. The molecule has 0 aliphatic rings. The van der Waals surface area contributed by atoms with E-state index in [4.69, 9.17) is 13.6 Å². The predicted octanol–water partition coefficient (Wildman–Crippen LogP) is 3.41. The lowest BCUT2D eigenvalue weighted by Crippen LogP contribution is -2.52. The fourth-order valence-corrected chi connectivity index (χ4v) is 10.4. The topological polar surface area (TPSA) is 61.8 Å². The molecule has 5 nitrogen and oxygen atoms in total. The van der Waals surface area contributed by atoms with Gasteiger partial charge < -0.3 is 13.6 Å². The molecule has 0 radical (unpaired) electrons. The minimum absolute atomic E-state index is 0.215. The van der Waals surface area contributed by atoms with Gasteiger partial charge in [0, 0.05) is 12.2 Å². The first-order valence-electron chi connectivity index (χ1n) is 7.67. The second-order valence-corrected chi connectivity index (χ2v) is 15.9. The Morgan fingerprint density at radius 3 is 1.77 bits per heavy atom. The third-order valence-electron chi connectivity index (χ3n) is 2.68. The van der Waals surface area contributed by atoms with E-state index >= 15 is 0 Å². The normalized spacial score (nSPS) is 14.2. The lowest BCUT2D eigenvalue weighted by molar-refractivity contribution is -0.143. The van der Waals surface area contributed by atoms with Gasteiger partial charge in [0.1, 0.15) is 5.73 Å². The summed E-state index contributed by atoms with van der Waals surface area (Å²) in [7, 11) is -3.84. The summed E-state index contributed by atoms with van der Waals surface area (Å²) >= 11 is 0. The molecule has 0 spiro atoms. The van der Waals surface area contributed by atoms with E-state index in [0.717, 1.165) is 12.2 Å². The van der Waals surface area contributed by atoms with Gasteiger partial charge in [0.05, 0.1) is 6.10 Å². The summed E-state index contributed by atoms with van der Waals surface area (Å²) in [5, 5.41) is 0. The third-order valence-corrected chi connectivity index (χ3v) is 9.31. The quantitative estimate of drug-likeness (QED) is 0.383. The van der Waals surface area contributed by atoms with Crippen LogP contribution in [-0.4, -0.2) is 40.4 Å². The van der Waals surface area contributed by atoms with E-state index in [1.54, 1.807) is 13.8 Å². The number of rotatable bonds is 8. The Hall–Kier alpha value is -0.926. The van der Waals surface area contributed by atoms with Gasteiger partial charge in [-0.1, -0.05) is 6.92 Å². The van der Waals surface area contributed by atoms with Gasteiger partial charge in [-0.3, -0.25) is 0 Å². The Morgan fingerprint density at radius 2 is 1.41 bits per heavy atom. The molecule has 0 aromatic carbocycles. The third kappa shape index (κ3) is 9.16. The van der Waals surface area contributed by atoms with Crippen molar-refractivity contribution in [2.75, 3.05) is 0 Å². The van der Waals surface area contributed by atoms with E-state index in [1.165, 1.54) is 0 Å². The first-order valence-corrected chi connectivity index (χ1v) is 14.1. The summed E-state index contributed by atoms with van der Waals surface area (Å²) < 4.78 is 16.7. The van der Waals surface area contributed by atoms with E-state index in [0.29, 0.717) is 6.42 Å². The molecule has 0 aromatic rings. The molecule has 0 fully saturated rings. The molecule has 0 saturated carbocycles. The maximum Gasteiger partial charge on any atom is 0.331 e. The summed E-state index contributed by atoms with van der Waals surface area (Å²) in [4.78, 5) is 23.2. The van der Waals surface area contributed by atoms with E-state index in [1.807, 2.05) is 6.92 Å². The Kier molecular flexibility index (Phi) is 8.28. The zero-order valence-electron chi connectivity index (χ0n) is 15.1. The van der Waals surface area contributed by atoms with Crippen molar-refractivity contribution in [2.24, 2.45) is 0 Å². The van der Waals surface area contributed by atoms with Crippen LogP contribution in [0.25, 0.3) is 0 Å². The summed E-state index contributed by atoms with van der Waals surface area (Å²) in [5.41, 5.74) is -0.238. The van der Waals surface area contributed by atoms with Crippen LogP contribution in [0.3, 0.4) is 0 Å². The van der Waals surface area contributed by atoms with Crippen LogP contribution in [0.4, 0.5) is 0 Å². The van der Waals surface area contributed by atoms with Crippen molar-refractivity contribution < 1.29 is 23.2 Å². The van der Waals surface area contributed by atoms with Crippen LogP contribution < -0.4 is 0 Å². The number of carbonyl (C=O) groups excluding carboxylic acids is 2. The number of hydrogen-bond acceptors (Lipinski definition) is 5. The predicted molar refractivity (Wildman–Crippen MR) is 92.5 cm³/mol. The molecule has 0 bridgehead atoms. The van der Waals surface area contributed by atoms with Gasteiger partial charge in [0.2, 0.25) is 8.32 Å². The van der Waals surface area contributed by atoms with Crippen molar-refractivity contribution in [1.29, 1.82) is 0 Å². The zero-order chi connectivity index (χ0) is 17.6. The van der Waals surface area contributed by atoms with Gasteiger partial charge in [0.25, 0.3) is 0 Å². The fourth-order valence-electron chi connectivity index (χ4n) is 2.16. The molecule has 22 heavy (non-hydrogen) atoms. The molecule has 7 heteroatoms.